The molecule has 1 aromatic carbocycles. The van der Waals surface area contributed by atoms with Crippen molar-refractivity contribution in [3.05, 3.63) is 65.0 Å². The number of nitrogens with zero attached hydrogens (tertiary/aromatic N) is 1. The zero-order valence-corrected chi connectivity index (χ0v) is 15.7. The predicted octanol–water partition coefficient (Wildman–Crippen LogP) is 3.84. The van der Waals surface area contributed by atoms with Gasteiger partial charge in [0.1, 0.15) is 11.5 Å². The summed E-state index contributed by atoms with van der Waals surface area (Å²) in [5, 5.41) is 2.91. The molecule has 1 aliphatic rings. The highest BCUT2D eigenvalue weighted by molar-refractivity contribution is 5.93. The first-order valence-corrected chi connectivity index (χ1v) is 9.21. The third-order valence-electron chi connectivity index (χ3n) is 4.68. The molecule has 1 aliphatic carbocycles. The Bertz CT molecular complexity index is 821. The number of fused-ring (bicyclic) bond motifs is 1. The van der Waals surface area contributed by atoms with Crippen LogP contribution in [0.4, 0.5) is 0 Å². The van der Waals surface area contributed by atoms with E-state index in [1.54, 1.807) is 12.3 Å². The molecule has 0 aliphatic heterocycles. The monoisotopic (exact) mass is 350 g/mol. The Hall–Kier alpha value is -2.49. The maximum Gasteiger partial charge on any atom is 0.270 e. The zero-order chi connectivity index (χ0) is 18.7. The maximum atomic E-state index is 12.9. The molecule has 1 unspecified atom stereocenters. The Morgan fingerprint density at radius 1 is 1.19 bits per heavy atom. The van der Waals surface area contributed by atoms with Crippen molar-refractivity contribution in [3.8, 4) is 0 Å². The van der Waals surface area contributed by atoms with Crippen molar-refractivity contribution in [3.63, 3.8) is 0 Å². The van der Waals surface area contributed by atoms with Crippen molar-refractivity contribution < 1.29 is 9.59 Å². The number of pyridine rings is 1. The Balaban J connectivity index is 1.75. The van der Waals surface area contributed by atoms with Gasteiger partial charge < -0.3 is 5.32 Å². The Labute approximate surface area is 155 Å². The van der Waals surface area contributed by atoms with Gasteiger partial charge in [0.2, 0.25) is 0 Å². The number of carbonyl (C=O) groups excluding carboxylic acids is 2. The standard InChI is InChI=1S/C22H26N2O2/c1-22(2,3)24-21(26)19-13-15(11-12-23-19)14-20(25)18-10-6-8-16-7-4-5-9-17(16)18/h4-5,7,9,11-13,18H,6,8,10,14H2,1-3H3,(H,24,26). The average molecular weight is 350 g/mol. The lowest BCUT2D eigenvalue weighted by Gasteiger charge is -2.24. The number of carbonyl (C=O) groups is 2. The summed E-state index contributed by atoms with van der Waals surface area (Å²) in [6.07, 6.45) is 4.93. The van der Waals surface area contributed by atoms with E-state index in [0.717, 1.165) is 24.8 Å². The van der Waals surface area contributed by atoms with E-state index >= 15 is 0 Å². The van der Waals surface area contributed by atoms with Crippen LogP contribution in [0.15, 0.2) is 42.6 Å². The second kappa shape index (κ2) is 7.40. The van der Waals surface area contributed by atoms with E-state index < -0.39 is 0 Å². The molecule has 1 aromatic heterocycles. The van der Waals surface area contributed by atoms with Gasteiger partial charge in [-0.15, -0.1) is 0 Å². The fraction of sp³-hybridized carbons (Fsp3) is 0.409. The van der Waals surface area contributed by atoms with E-state index in [9.17, 15) is 9.59 Å². The second-order valence-electron chi connectivity index (χ2n) is 8.04. The molecule has 2 aromatic rings. The summed E-state index contributed by atoms with van der Waals surface area (Å²) in [4.78, 5) is 29.4. The van der Waals surface area contributed by atoms with Crippen LogP contribution in [0, 0.1) is 0 Å². The van der Waals surface area contributed by atoms with Crippen LogP contribution in [0.2, 0.25) is 0 Å². The maximum absolute atomic E-state index is 12.9. The van der Waals surface area contributed by atoms with Gasteiger partial charge in [-0.2, -0.15) is 0 Å². The molecule has 0 radical (unpaired) electrons. The van der Waals surface area contributed by atoms with Gasteiger partial charge in [-0.05, 0) is 68.9 Å². The SMILES string of the molecule is CC(C)(C)NC(=O)c1cc(CC(=O)C2CCCc3ccccc32)ccn1. The van der Waals surface area contributed by atoms with Crippen molar-refractivity contribution in [1.82, 2.24) is 10.3 Å². The van der Waals surface area contributed by atoms with E-state index in [4.69, 9.17) is 0 Å². The van der Waals surface area contributed by atoms with Crippen LogP contribution < -0.4 is 5.32 Å². The summed E-state index contributed by atoms with van der Waals surface area (Å²) in [6, 6.07) is 11.8. The van der Waals surface area contributed by atoms with Crippen LogP contribution in [0.25, 0.3) is 0 Å². The number of rotatable bonds is 4. The van der Waals surface area contributed by atoms with Gasteiger partial charge in [-0.25, -0.2) is 0 Å². The summed E-state index contributed by atoms with van der Waals surface area (Å²) < 4.78 is 0. The Morgan fingerprint density at radius 3 is 2.73 bits per heavy atom. The fourth-order valence-corrected chi connectivity index (χ4v) is 3.53. The summed E-state index contributed by atoms with van der Waals surface area (Å²) in [5.41, 5.74) is 3.33. The topological polar surface area (TPSA) is 59.1 Å². The fourth-order valence-electron chi connectivity index (χ4n) is 3.53. The summed E-state index contributed by atoms with van der Waals surface area (Å²) >= 11 is 0. The lowest BCUT2D eigenvalue weighted by atomic mass is 9.79. The third kappa shape index (κ3) is 4.37. The number of hydrogen-bond acceptors (Lipinski definition) is 3. The molecular formula is C22H26N2O2. The van der Waals surface area contributed by atoms with Gasteiger partial charge in [0.15, 0.2) is 0 Å². The highest BCUT2D eigenvalue weighted by atomic mass is 16.2. The van der Waals surface area contributed by atoms with E-state index in [1.807, 2.05) is 39.0 Å². The number of amides is 1. The first-order chi connectivity index (χ1) is 12.3. The van der Waals surface area contributed by atoms with Gasteiger partial charge in [0.25, 0.3) is 5.91 Å². The molecule has 0 spiro atoms. The van der Waals surface area contributed by atoms with Crippen LogP contribution in [0.1, 0.15) is 66.7 Å². The number of aryl methyl sites for hydroxylation is 1. The number of benzene rings is 1. The summed E-state index contributed by atoms with van der Waals surface area (Å²) in [7, 11) is 0. The Kier molecular flexibility index (Phi) is 5.21. The summed E-state index contributed by atoms with van der Waals surface area (Å²) in [6.45, 7) is 5.79. The number of ketones is 1. The molecule has 26 heavy (non-hydrogen) atoms. The first kappa shape index (κ1) is 18.3. The summed E-state index contributed by atoms with van der Waals surface area (Å²) in [5.74, 6) is -0.0414. The van der Waals surface area contributed by atoms with Gasteiger partial charge in [-0.3, -0.25) is 14.6 Å². The minimum Gasteiger partial charge on any atom is -0.346 e. The average Bonchev–Trinajstić information content (AvgIpc) is 2.60. The number of Topliss-reactive ketones (excluding diaryl/α,β-unsaturated/α-hetero) is 1. The number of nitrogens with one attached hydrogen (secondary N) is 1. The van der Waals surface area contributed by atoms with E-state index in [-0.39, 0.29) is 23.1 Å². The minimum atomic E-state index is -0.323. The van der Waals surface area contributed by atoms with Crippen LogP contribution in [-0.4, -0.2) is 22.2 Å². The molecule has 4 nitrogen and oxygen atoms in total. The molecule has 1 heterocycles. The van der Waals surface area contributed by atoms with Crippen LogP contribution in [0.3, 0.4) is 0 Å². The van der Waals surface area contributed by atoms with E-state index in [0.29, 0.717) is 12.1 Å². The normalized spacial score (nSPS) is 16.7. The number of aromatic nitrogens is 1. The van der Waals surface area contributed by atoms with Crippen molar-refractivity contribution >= 4 is 11.7 Å². The molecule has 136 valence electrons. The van der Waals surface area contributed by atoms with Crippen LogP contribution in [0.5, 0.6) is 0 Å². The van der Waals surface area contributed by atoms with Gasteiger partial charge in [0.05, 0.1) is 0 Å². The smallest absolute Gasteiger partial charge is 0.270 e. The molecule has 3 rings (SSSR count). The number of hydrogen-bond donors (Lipinski definition) is 1. The molecular weight excluding hydrogens is 324 g/mol. The van der Waals surface area contributed by atoms with Crippen molar-refractivity contribution in [2.24, 2.45) is 0 Å². The molecule has 0 saturated heterocycles. The molecule has 1 amide bonds. The highest BCUT2D eigenvalue weighted by Crippen LogP contribution is 2.32. The molecule has 1 N–H and O–H groups in total. The van der Waals surface area contributed by atoms with Crippen molar-refractivity contribution in [2.75, 3.05) is 0 Å². The zero-order valence-electron chi connectivity index (χ0n) is 15.7. The molecule has 1 atom stereocenters. The minimum absolute atomic E-state index is 0.0417. The van der Waals surface area contributed by atoms with Gasteiger partial charge in [0, 0.05) is 24.1 Å². The van der Waals surface area contributed by atoms with Crippen LogP contribution >= 0.6 is 0 Å². The molecule has 0 saturated carbocycles. The third-order valence-corrected chi connectivity index (χ3v) is 4.68. The molecule has 4 heteroatoms. The second-order valence-corrected chi connectivity index (χ2v) is 8.04. The molecule has 0 fully saturated rings. The van der Waals surface area contributed by atoms with Gasteiger partial charge >= 0.3 is 0 Å². The molecule has 0 bridgehead atoms. The van der Waals surface area contributed by atoms with E-state index in [1.165, 1.54) is 11.1 Å². The lowest BCUT2D eigenvalue weighted by molar-refractivity contribution is -0.120. The lowest BCUT2D eigenvalue weighted by Crippen LogP contribution is -2.40. The van der Waals surface area contributed by atoms with Crippen molar-refractivity contribution in [1.29, 1.82) is 0 Å². The predicted molar refractivity (Wildman–Crippen MR) is 102 cm³/mol. The van der Waals surface area contributed by atoms with Crippen LogP contribution in [-0.2, 0) is 17.6 Å². The quantitative estimate of drug-likeness (QED) is 0.911. The van der Waals surface area contributed by atoms with E-state index in [2.05, 4.69) is 22.4 Å². The Morgan fingerprint density at radius 2 is 1.96 bits per heavy atom. The highest BCUT2D eigenvalue weighted by Gasteiger charge is 2.26. The van der Waals surface area contributed by atoms with Crippen molar-refractivity contribution in [2.45, 2.75) is 57.9 Å². The first-order valence-electron chi connectivity index (χ1n) is 9.21. The van der Waals surface area contributed by atoms with Gasteiger partial charge in [-0.1, -0.05) is 24.3 Å². The largest absolute Gasteiger partial charge is 0.346 e.